The van der Waals surface area contributed by atoms with E-state index in [0.29, 0.717) is 17.1 Å². The van der Waals surface area contributed by atoms with E-state index in [4.69, 9.17) is 11.5 Å². The van der Waals surface area contributed by atoms with E-state index in [9.17, 15) is 4.79 Å². The number of aryl methyl sites for hydroxylation is 1. The lowest BCUT2D eigenvalue weighted by Crippen LogP contribution is -2.16. The number of carbonyl (C=O) groups is 1. The maximum Gasteiger partial charge on any atom is 0.254 e. The van der Waals surface area contributed by atoms with Gasteiger partial charge in [-0.1, -0.05) is 39.5 Å². The van der Waals surface area contributed by atoms with Gasteiger partial charge in [-0.3, -0.25) is 4.79 Å². The Morgan fingerprint density at radius 3 is 2.47 bits per heavy atom. The second kappa shape index (κ2) is 7.16. The average Bonchev–Trinajstić information content (AvgIpc) is 2.65. The summed E-state index contributed by atoms with van der Waals surface area (Å²) >= 11 is 0. The van der Waals surface area contributed by atoms with Gasteiger partial charge in [0.05, 0.1) is 11.7 Å². The van der Waals surface area contributed by atoms with E-state index in [-0.39, 0.29) is 6.04 Å². The maximum absolute atomic E-state index is 11.4. The van der Waals surface area contributed by atoms with Crippen molar-refractivity contribution in [2.45, 2.75) is 65.3 Å². The van der Waals surface area contributed by atoms with E-state index in [0.717, 1.165) is 19.3 Å². The predicted octanol–water partition coefficient (Wildman–Crippen LogP) is 2.79. The fourth-order valence-electron chi connectivity index (χ4n) is 2.45. The molecule has 1 amide bonds. The van der Waals surface area contributed by atoms with Gasteiger partial charge in [-0.05, 0) is 19.8 Å². The fraction of sp³-hybridized carbons (Fsp3) is 0.714. The summed E-state index contributed by atoms with van der Waals surface area (Å²) in [5.74, 6) is -0.0885. The highest BCUT2D eigenvalue weighted by Gasteiger charge is 2.21. The Morgan fingerprint density at radius 1 is 1.32 bits per heavy atom. The molecule has 1 rings (SSSR count). The normalized spacial score (nSPS) is 12.6. The summed E-state index contributed by atoms with van der Waals surface area (Å²) in [7, 11) is 0. The highest BCUT2D eigenvalue weighted by atomic mass is 16.1. The largest absolute Gasteiger partial charge is 0.383 e. The van der Waals surface area contributed by atoms with Crippen molar-refractivity contribution in [1.29, 1.82) is 0 Å². The van der Waals surface area contributed by atoms with Crippen molar-refractivity contribution in [3.63, 3.8) is 0 Å². The summed E-state index contributed by atoms with van der Waals surface area (Å²) in [6.45, 7) is 6.09. The monoisotopic (exact) mass is 266 g/mol. The third-order valence-electron chi connectivity index (χ3n) is 3.58. The number of amides is 1. The van der Waals surface area contributed by atoms with Gasteiger partial charge in [0.1, 0.15) is 11.4 Å². The number of unbranched alkanes of at least 4 members (excludes halogenated alkanes) is 3. The molecule has 0 radical (unpaired) electrons. The molecule has 0 spiro atoms. The molecule has 0 aromatic carbocycles. The predicted molar refractivity (Wildman–Crippen MR) is 78.0 cm³/mol. The number of aromatic nitrogens is 2. The lowest BCUT2D eigenvalue weighted by Gasteiger charge is -2.17. The number of carbonyl (C=O) groups excluding carboxylic acids is 1. The molecule has 1 unspecified atom stereocenters. The van der Waals surface area contributed by atoms with Gasteiger partial charge < -0.3 is 11.5 Å². The molecule has 0 saturated heterocycles. The molecule has 0 bridgehead atoms. The van der Waals surface area contributed by atoms with Gasteiger partial charge in [0.15, 0.2) is 0 Å². The molecule has 108 valence electrons. The fourth-order valence-corrected chi connectivity index (χ4v) is 2.45. The standard InChI is InChI=1S/C14H26N4O/c1-4-6-7-8-9-11(5-2)18-13(15)12(14(16)19)10(3)17-18/h11H,4-9,15H2,1-3H3,(H2,16,19). The third-order valence-corrected chi connectivity index (χ3v) is 3.58. The van der Waals surface area contributed by atoms with E-state index in [1.807, 2.05) is 0 Å². The van der Waals surface area contributed by atoms with Crippen LogP contribution in [-0.2, 0) is 0 Å². The van der Waals surface area contributed by atoms with Crippen LogP contribution in [0.2, 0.25) is 0 Å². The van der Waals surface area contributed by atoms with Crippen LogP contribution in [0.4, 0.5) is 5.82 Å². The molecular weight excluding hydrogens is 240 g/mol. The zero-order valence-corrected chi connectivity index (χ0v) is 12.3. The molecule has 1 aromatic rings. The van der Waals surface area contributed by atoms with Gasteiger partial charge >= 0.3 is 0 Å². The number of nitrogen functional groups attached to an aromatic ring is 1. The van der Waals surface area contributed by atoms with Crippen LogP contribution in [0.25, 0.3) is 0 Å². The summed E-state index contributed by atoms with van der Waals surface area (Å²) < 4.78 is 1.78. The molecule has 0 aliphatic carbocycles. The van der Waals surface area contributed by atoms with Crippen LogP contribution in [0.3, 0.4) is 0 Å². The molecule has 1 atom stereocenters. The number of rotatable bonds is 8. The van der Waals surface area contributed by atoms with Gasteiger partial charge in [0.2, 0.25) is 0 Å². The Hall–Kier alpha value is -1.52. The summed E-state index contributed by atoms with van der Waals surface area (Å²) in [5.41, 5.74) is 12.3. The van der Waals surface area contributed by atoms with Crippen LogP contribution in [0.5, 0.6) is 0 Å². The van der Waals surface area contributed by atoms with Gasteiger partial charge in [0, 0.05) is 0 Å². The first kappa shape index (κ1) is 15.5. The summed E-state index contributed by atoms with van der Waals surface area (Å²) in [6.07, 6.45) is 6.88. The van der Waals surface area contributed by atoms with Crippen LogP contribution < -0.4 is 11.5 Å². The molecule has 0 saturated carbocycles. The molecular formula is C14H26N4O. The molecule has 5 heteroatoms. The van der Waals surface area contributed by atoms with Crippen molar-refractivity contribution in [3.8, 4) is 0 Å². The number of nitrogens with zero attached hydrogens (tertiary/aromatic N) is 2. The highest BCUT2D eigenvalue weighted by molar-refractivity contribution is 5.98. The lowest BCUT2D eigenvalue weighted by atomic mass is 10.1. The molecule has 0 fully saturated rings. The number of primary amides is 1. The van der Waals surface area contributed by atoms with Gasteiger partial charge in [-0.15, -0.1) is 0 Å². The van der Waals surface area contributed by atoms with E-state index in [1.165, 1.54) is 19.3 Å². The van der Waals surface area contributed by atoms with Crippen molar-refractivity contribution in [1.82, 2.24) is 9.78 Å². The molecule has 1 heterocycles. The number of anilines is 1. The first-order valence-electron chi connectivity index (χ1n) is 7.17. The van der Waals surface area contributed by atoms with Crippen LogP contribution in [0.1, 0.15) is 74.5 Å². The van der Waals surface area contributed by atoms with Gasteiger partial charge in [0.25, 0.3) is 5.91 Å². The number of hydrogen-bond donors (Lipinski definition) is 2. The van der Waals surface area contributed by atoms with Crippen molar-refractivity contribution in [3.05, 3.63) is 11.3 Å². The zero-order chi connectivity index (χ0) is 14.4. The van der Waals surface area contributed by atoms with Crippen molar-refractivity contribution < 1.29 is 4.79 Å². The lowest BCUT2D eigenvalue weighted by molar-refractivity contribution is 0.100. The zero-order valence-electron chi connectivity index (χ0n) is 12.3. The summed E-state index contributed by atoms with van der Waals surface area (Å²) in [4.78, 5) is 11.4. The van der Waals surface area contributed by atoms with Gasteiger partial charge in [-0.2, -0.15) is 5.10 Å². The molecule has 1 aromatic heterocycles. The van der Waals surface area contributed by atoms with Crippen LogP contribution >= 0.6 is 0 Å². The van der Waals surface area contributed by atoms with E-state index in [1.54, 1.807) is 11.6 Å². The summed E-state index contributed by atoms with van der Waals surface area (Å²) in [6, 6.07) is 0.253. The molecule has 0 aliphatic rings. The van der Waals surface area contributed by atoms with E-state index >= 15 is 0 Å². The second-order valence-electron chi connectivity index (χ2n) is 5.07. The SMILES string of the molecule is CCCCCCC(CC)n1nc(C)c(C(N)=O)c1N. The van der Waals surface area contributed by atoms with Crippen molar-refractivity contribution in [2.24, 2.45) is 5.73 Å². The van der Waals surface area contributed by atoms with Crippen molar-refractivity contribution >= 4 is 11.7 Å². The first-order valence-corrected chi connectivity index (χ1v) is 7.17. The first-order chi connectivity index (χ1) is 9.02. The Balaban J connectivity index is 2.81. The third kappa shape index (κ3) is 3.72. The Bertz CT molecular complexity index is 425. The molecule has 19 heavy (non-hydrogen) atoms. The quantitative estimate of drug-likeness (QED) is 0.709. The Kier molecular flexibility index (Phi) is 5.86. The Labute approximate surface area is 115 Å². The minimum atomic E-state index is -0.498. The van der Waals surface area contributed by atoms with Crippen LogP contribution in [-0.4, -0.2) is 15.7 Å². The smallest absolute Gasteiger partial charge is 0.254 e. The van der Waals surface area contributed by atoms with Crippen LogP contribution in [0.15, 0.2) is 0 Å². The van der Waals surface area contributed by atoms with Crippen molar-refractivity contribution in [2.75, 3.05) is 5.73 Å². The highest BCUT2D eigenvalue weighted by Crippen LogP contribution is 2.26. The van der Waals surface area contributed by atoms with E-state index < -0.39 is 5.91 Å². The average molecular weight is 266 g/mol. The maximum atomic E-state index is 11.4. The Morgan fingerprint density at radius 2 is 2.00 bits per heavy atom. The number of hydrogen-bond acceptors (Lipinski definition) is 3. The topological polar surface area (TPSA) is 86.9 Å². The van der Waals surface area contributed by atoms with Gasteiger partial charge in [-0.25, -0.2) is 4.68 Å². The minimum absolute atomic E-state index is 0.253. The minimum Gasteiger partial charge on any atom is -0.383 e. The molecule has 4 N–H and O–H groups in total. The number of nitrogens with two attached hydrogens (primary N) is 2. The second-order valence-corrected chi connectivity index (χ2v) is 5.07. The molecule has 0 aliphatic heterocycles. The van der Waals surface area contributed by atoms with E-state index in [2.05, 4.69) is 18.9 Å². The molecule has 5 nitrogen and oxygen atoms in total. The summed E-state index contributed by atoms with van der Waals surface area (Å²) in [5, 5.41) is 4.39. The van der Waals surface area contributed by atoms with Crippen LogP contribution in [0, 0.1) is 6.92 Å².